The van der Waals surface area contributed by atoms with Gasteiger partial charge in [0.05, 0.1) is 0 Å². The van der Waals surface area contributed by atoms with Crippen molar-refractivity contribution in [3.63, 3.8) is 0 Å². The number of hydrogen-bond acceptors (Lipinski definition) is 3. The highest BCUT2D eigenvalue weighted by Crippen LogP contribution is 2.23. The van der Waals surface area contributed by atoms with Crippen LogP contribution in [-0.2, 0) is 0 Å². The lowest BCUT2D eigenvalue weighted by atomic mass is 10.1. The van der Waals surface area contributed by atoms with Crippen LogP contribution < -0.4 is 0 Å². The summed E-state index contributed by atoms with van der Waals surface area (Å²) in [7, 11) is 1.23. The fourth-order valence-corrected chi connectivity index (χ4v) is 6.56. The zero-order valence-corrected chi connectivity index (χ0v) is 13.1. The van der Waals surface area contributed by atoms with Gasteiger partial charge in [0.1, 0.15) is 0 Å². The van der Waals surface area contributed by atoms with E-state index >= 15 is 0 Å². The van der Waals surface area contributed by atoms with E-state index in [1.54, 1.807) is 0 Å². The van der Waals surface area contributed by atoms with E-state index in [1.165, 1.54) is 26.1 Å². The summed E-state index contributed by atoms with van der Waals surface area (Å²) in [6, 6.07) is 1.52. The minimum Gasteiger partial charge on any atom is -0.305 e. The lowest BCUT2D eigenvalue weighted by Gasteiger charge is -2.52. The van der Waals surface area contributed by atoms with Gasteiger partial charge in [-0.25, -0.2) is 0 Å². The topological polar surface area (TPSA) is 9.72 Å². The van der Waals surface area contributed by atoms with Crippen LogP contribution in [-0.4, -0.2) is 61.7 Å². The second-order valence-corrected chi connectivity index (χ2v) is 7.92. The van der Waals surface area contributed by atoms with Gasteiger partial charge in [-0.1, -0.05) is 34.6 Å². The zero-order chi connectivity index (χ0) is 12.3. The molecule has 0 bridgehead atoms. The Morgan fingerprint density at radius 1 is 1.06 bits per heavy atom. The van der Waals surface area contributed by atoms with E-state index in [9.17, 15) is 0 Å². The SMILES string of the molecule is CCN(C)[SiH]1N(CC)C(C)CC(C)N1CC. The molecule has 16 heavy (non-hydrogen) atoms. The highest BCUT2D eigenvalue weighted by Gasteiger charge is 2.39. The molecule has 0 aromatic carbocycles. The van der Waals surface area contributed by atoms with Crippen LogP contribution in [0, 0.1) is 0 Å². The summed E-state index contributed by atoms with van der Waals surface area (Å²) in [5.74, 6) is 0. The molecule has 0 amide bonds. The molecule has 1 rings (SSSR count). The van der Waals surface area contributed by atoms with E-state index in [0.717, 1.165) is 12.1 Å². The molecule has 1 fully saturated rings. The smallest absolute Gasteiger partial charge is 0.272 e. The van der Waals surface area contributed by atoms with Crippen LogP contribution in [0.15, 0.2) is 0 Å². The van der Waals surface area contributed by atoms with Crippen molar-refractivity contribution in [2.24, 2.45) is 0 Å². The second-order valence-electron chi connectivity index (χ2n) is 5.01. The van der Waals surface area contributed by atoms with Gasteiger partial charge in [-0.2, -0.15) is 0 Å². The molecule has 2 atom stereocenters. The quantitative estimate of drug-likeness (QED) is 0.693. The van der Waals surface area contributed by atoms with E-state index in [-0.39, 0.29) is 0 Å². The van der Waals surface area contributed by atoms with E-state index < -0.39 is 9.28 Å². The van der Waals surface area contributed by atoms with Crippen molar-refractivity contribution >= 4 is 9.28 Å². The molecular formula is C12H29N3Si. The monoisotopic (exact) mass is 243 g/mol. The van der Waals surface area contributed by atoms with Crippen molar-refractivity contribution in [1.82, 2.24) is 13.7 Å². The number of rotatable bonds is 4. The Labute approximate surface area is 103 Å². The van der Waals surface area contributed by atoms with Gasteiger partial charge in [0.2, 0.25) is 0 Å². The molecule has 0 N–H and O–H groups in total. The average molecular weight is 243 g/mol. The summed E-state index contributed by atoms with van der Waals surface area (Å²) in [5, 5.41) is 0. The largest absolute Gasteiger partial charge is 0.305 e. The molecule has 1 saturated heterocycles. The lowest BCUT2D eigenvalue weighted by Crippen LogP contribution is -2.69. The van der Waals surface area contributed by atoms with E-state index in [0.29, 0.717) is 0 Å². The molecule has 2 unspecified atom stereocenters. The average Bonchev–Trinajstić information content (AvgIpc) is 2.27. The molecule has 0 aliphatic carbocycles. The van der Waals surface area contributed by atoms with E-state index in [4.69, 9.17) is 0 Å². The Kier molecular flexibility index (Phi) is 5.44. The molecular weight excluding hydrogens is 214 g/mol. The minimum absolute atomic E-state index is 0.758. The summed E-state index contributed by atoms with van der Waals surface area (Å²) < 4.78 is 8.11. The van der Waals surface area contributed by atoms with Gasteiger partial charge in [-0.15, -0.1) is 0 Å². The van der Waals surface area contributed by atoms with Crippen molar-refractivity contribution in [2.45, 2.75) is 53.1 Å². The summed E-state index contributed by atoms with van der Waals surface area (Å²) >= 11 is 0. The van der Waals surface area contributed by atoms with Gasteiger partial charge in [0, 0.05) is 12.1 Å². The normalized spacial score (nSPS) is 33.6. The Morgan fingerprint density at radius 3 is 1.81 bits per heavy atom. The molecule has 0 aromatic heterocycles. The minimum atomic E-state index is -1.07. The van der Waals surface area contributed by atoms with Crippen molar-refractivity contribution in [1.29, 1.82) is 0 Å². The molecule has 96 valence electrons. The van der Waals surface area contributed by atoms with E-state index in [2.05, 4.69) is 55.4 Å². The van der Waals surface area contributed by atoms with Crippen LogP contribution in [0.25, 0.3) is 0 Å². The number of hydrogen-bond donors (Lipinski definition) is 0. The van der Waals surface area contributed by atoms with Crippen LogP contribution in [0.5, 0.6) is 0 Å². The summed E-state index contributed by atoms with van der Waals surface area (Å²) in [6.07, 6.45) is 1.32. The Bertz CT molecular complexity index is 196. The molecule has 3 nitrogen and oxygen atoms in total. The van der Waals surface area contributed by atoms with Crippen molar-refractivity contribution in [3.05, 3.63) is 0 Å². The predicted molar refractivity (Wildman–Crippen MR) is 73.8 cm³/mol. The molecule has 1 aliphatic heterocycles. The fourth-order valence-electron chi connectivity index (χ4n) is 3.03. The van der Waals surface area contributed by atoms with Gasteiger partial charge in [-0.05, 0) is 33.1 Å². The number of nitrogens with zero attached hydrogens (tertiary/aromatic N) is 3. The van der Waals surface area contributed by atoms with Crippen molar-refractivity contribution in [3.8, 4) is 0 Å². The molecule has 4 heteroatoms. The summed E-state index contributed by atoms with van der Waals surface area (Å²) in [6.45, 7) is 15.3. The van der Waals surface area contributed by atoms with Crippen LogP contribution in [0.3, 0.4) is 0 Å². The van der Waals surface area contributed by atoms with Crippen LogP contribution in [0.2, 0.25) is 0 Å². The van der Waals surface area contributed by atoms with Crippen LogP contribution in [0.4, 0.5) is 0 Å². The first kappa shape index (κ1) is 14.2. The highest BCUT2D eigenvalue weighted by molar-refractivity contribution is 6.50. The third-order valence-electron chi connectivity index (χ3n) is 4.03. The van der Waals surface area contributed by atoms with Gasteiger partial charge < -0.3 is 4.57 Å². The summed E-state index contributed by atoms with van der Waals surface area (Å²) in [5.41, 5.74) is 0. The molecule has 1 heterocycles. The third-order valence-corrected chi connectivity index (χ3v) is 8.12. The molecule has 0 saturated carbocycles. The van der Waals surface area contributed by atoms with Crippen molar-refractivity contribution < 1.29 is 0 Å². The van der Waals surface area contributed by atoms with Gasteiger partial charge >= 0.3 is 0 Å². The Morgan fingerprint density at radius 2 is 1.50 bits per heavy atom. The predicted octanol–water partition coefficient (Wildman–Crippen LogP) is 1.48. The zero-order valence-electron chi connectivity index (χ0n) is 11.9. The molecule has 0 radical (unpaired) electrons. The summed E-state index contributed by atoms with van der Waals surface area (Å²) in [4.78, 5) is 0. The molecule has 0 aromatic rings. The first-order chi connectivity index (χ1) is 7.56. The standard InChI is InChI=1S/C12H29N3Si/c1-7-13(6)16-14(8-2)11(4)10-12(5)15(16)9-3/h11-12,16H,7-10H2,1-6H3. The van der Waals surface area contributed by atoms with Crippen molar-refractivity contribution in [2.75, 3.05) is 26.7 Å². The highest BCUT2D eigenvalue weighted by atomic mass is 28.3. The van der Waals surface area contributed by atoms with Gasteiger partial charge in [0.15, 0.2) is 0 Å². The van der Waals surface area contributed by atoms with Gasteiger partial charge in [-0.3, -0.25) is 9.13 Å². The Balaban J connectivity index is 2.89. The Hall–Kier alpha value is 0.0969. The van der Waals surface area contributed by atoms with Gasteiger partial charge in [0.25, 0.3) is 9.28 Å². The van der Waals surface area contributed by atoms with Crippen LogP contribution in [0.1, 0.15) is 41.0 Å². The second kappa shape index (κ2) is 6.14. The maximum Gasteiger partial charge on any atom is 0.272 e. The lowest BCUT2D eigenvalue weighted by molar-refractivity contribution is 0.156. The van der Waals surface area contributed by atoms with E-state index in [1.807, 2.05) is 0 Å². The molecule has 0 spiro atoms. The molecule has 1 aliphatic rings. The maximum absolute atomic E-state index is 2.76. The first-order valence-corrected chi connectivity index (χ1v) is 8.33. The fraction of sp³-hybridized carbons (Fsp3) is 1.00. The van der Waals surface area contributed by atoms with Crippen LogP contribution >= 0.6 is 0 Å². The third kappa shape index (κ3) is 2.67. The maximum atomic E-state index is 2.76. The first-order valence-electron chi connectivity index (χ1n) is 6.78.